The Bertz CT molecular complexity index is 1140. The Kier molecular flexibility index (Phi) is 5.53. The van der Waals surface area contributed by atoms with Crippen molar-refractivity contribution in [1.29, 1.82) is 0 Å². The number of fused-ring (bicyclic) bond motifs is 1. The summed E-state index contributed by atoms with van der Waals surface area (Å²) in [5, 5.41) is 16.2. The van der Waals surface area contributed by atoms with Crippen LogP contribution >= 0.6 is 11.8 Å². The molecular weight excluding hydrogens is 389 g/mol. The number of benzene rings is 2. The first-order valence-corrected chi connectivity index (χ1v) is 10.0. The average molecular weight is 407 g/mol. The highest BCUT2D eigenvalue weighted by atomic mass is 32.2. The molecule has 4 aromatic rings. The van der Waals surface area contributed by atoms with Crippen LogP contribution < -0.4 is 5.32 Å². The first-order chi connectivity index (χ1) is 14.1. The molecule has 0 aliphatic carbocycles. The first-order valence-electron chi connectivity index (χ1n) is 9.02. The number of thioether (sulfide) groups is 1. The van der Waals surface area contributed by atoms with Crippen LogP contribution in [0.25, 0.3) is 16.9 Å². The van der Waals surface area contributed by atoms with Crippen LogP contribution in [0.5, 0.6) is 0 Å². The number of hydrogen-bond acceptors (Lipinski definition) is 5. The van der Waals surface area contributed by atoms with E-state index in [4.69, 9.17) is 0 Å². The molecule has 2 aromatic heterocycles. The Morgan fingerprint density at radius 2 is 1.79 bits per heavy atom. The van der Waals surface area contributed by atoms with Gasteiger partial charge in [-0.15, -0.1) is 10.2 Å². The second kappa shape index (κ2) is 8.40. The van der Waals surface area contributed by atoms with E-state index in [2.05, 4.69) is 20.6 Å². The van der Waals surface area contributed by atoms with Gasteiger partial charge in [0.15, 0.2) is 5.65 Å². The van der Waals surface area contributed by atoms with Gasteiger partial charge in [-0.1, -0.05) is 53.7 Å². The van der Waals surface area contributed by atoms with Crippen molar-refractivity contribution in [3.05, 3.63) is 77.6 Å². The molecule has 0 saturated carbocycles. The fourth-order valence-electron chi connectivity index (χ4n) is 2.72. The molecule has 0 fully saturated rings. The zero-order chi connectivity index (χ0) is 20.2. The van der Waals surface area contributed by atoms with Gasteiger partial charge in [-0.25, -0.2) is 4.39 Å². The van der Waals surface area contributed by atoms with E-state index in [-0.39, 0.29) is 17.5 Å². The van der Waals surface area contributed by atoms with Gasteiger partial charge in [0.05, 0.1) is 11.4 Å². The Balaban J connectivity index is 1.42. The number of halogens is 1. The predicted molar refractivity (Wildman–Crippen MR) is 110 cm³/mol. The average Bonchev–Trinajstić information content (AvgIpc) is 3.14. The molecule has 0 spiro atoms. The lowest BCUT2D eigenvalue weighted by atomic mass is 10.1. The van der Waals surface area contributed by atoms with Crippen LogP contribution in [0.1, 0.15) is 11.1 Å². The van der Waals surface area contributed by atoms with Crippen LogP contribution in [-0.4, -0.2) is 31.5 Å². The maximum Gasteiger partial charge on any atom is 0.230 e. The van der Waals surface area contributed by atoms with Crippen molar-refractivity contribution in [3.8, 4) is 11.3 Å². The number of carbonyl (C=O) groups is 1. The monoisotopic (exact) mass is 407 g/mol. The standard InChI is InChI=1S/C21H18FN5OS/c1-14-2-6-16(7-3-14)18-10-11-19-24-25-21(27(19)26-18)29-13-20(28)23-12-15-4-8-17(22)9-5-15/h2-11H,12-13H2,1H3,(H,23,28). The third-order valence-corrected chi connectivity index (χ3v) is 5.24. The second-order valence-corrected chi connectivity index (χ2v) is 7.47. The number of nitrogens with zero attached hydrogens (tertiary/aromatic N) is 4. The maximum absolute atomic E-state index is 12.9. The summed E-state index contributed by atoms with van der Waals surface area (Å²) < 4.78 is 14.6. The second-order valence-electron chi connectivity index (χ2n) is 6.53. The molecule has 6 nitrogen and oxygen atoms in total. The quantitative estimate of drug-likeness (QED) is 0.494. The summed E-state index contributed by atoms with van der Waals surface area (Å²) in [4.78, 5) is 12.2. The van der Waals surface area contributed by atoms with Crippen LogP contribution in [0.15, 0.2) is 65.8 Å². The molecule has 1 amide bonds. The van der Waals surface area contributed by atoms with Gasteiger partial charge in [0.2, 0.25) is 11.1 Å². The number of rotatable bonds is 6. The van der Waals surface area contributed by atoms with Gasteiger partial charge in [-0.2, -0.15) is 9.61 Å². The van der Waals surface area contributed by atoms with Crippen molar-refractivity contribution < 1.29 is 9.18 Å². The fraction of sp³-hybridized carbons (Fsp3) is 0.143. The number of aromatic nitrogens is 4. The van der Waals surface area contributed by atoms with Crippen molar-refractivity contribution in [2.24, 2.45) is 0 Å². The number of carbonyl (C=O) groups excluding carboxylic acids is 1. The summed E-state index contributed by atoms with van der Waals surface area (Å²) in [5.41, 5.74) is 4.44. The molecule has 1 N–H and O–H groups in total. The van der Waals surface area contributed by atoms with Crippen LogP contribution in [0, 0.1) is 12.7 Å². The normalized spacial score (nSPS) is 11.0. The fourth-order valence-corrected chi connectivity index (χ4v) is 3.44. The van der Waals surface area contributed by atoms with E-state index in [1.54, 1.807) is 16.6 Å². The summed E-state index contributed by atoms with van der Waals surface area (Å²) in [6.07, 6.45) is 0. The lowest BCUT2D eigenvalue weighted by Gasteiger charge is -2.05. The molecule has 0 unspecified atom stereocenters. The molecule has 0 radical (unpaired) electrons. The van der Waals surface area contributed by atoms with E-state index >= 15 is 0 Å². The van der Waals surface area contributed by atoms with Crippen LogP contribution in [0.3, 0.4) is 0 Å². The van der Waals surface area contributed by atoms with E-state index in [1.165, 1.54) is 29.5 Å². The molecule has 0 atom stereocenters. The Hall–Kier alpha value is -3.26. The SMILES string of the molecule is Cc1ccc(-c2ccc3nnc(SCC(=O)NCc4ccc(F)cc4)n3n2)cc1. The summed E-state index contributed by atoms with van der Waals surface area (Å²) in [6, 6.07) is 17.9. The molecule has 8 heteroatoms. The maximum atomic E-state index is 12.9. The van der Waals surface area contributed by atoms with Gasteiger partial charge in [-0.3, -0.25) is 4.79 Å². The van der Waals surface area contributed by atoms with E-state index < -0.39 is 0 Å². The lowest BCUT2D eigenvalue weighted by molar-refractivity contribution is -0.118. The van der Waals surface area contributed by atoms with Crippen LogP contribution in [0.4, 0.5) is 4.39 Å². The summed E-state index contributed by atoms with van der Waals surface area (Å²) in [7, 11) is 0. The Labute approximate surface area is 171 Å². The minimum atomic E-state index is -0.299. The third kappa shape index (κ3) is 4.60. The Morgan fingerprint density at radius 3 is 2.55 bits per heavy atom. The van der Waals surface area contributed by atoms with Crippen molar-refractivity contribution in [2.75, 3.05) is 5.75 Å². The molecule has 29 heavy (non-hydrogen) atoms. The third-order valence-electron chi connectivity index (χ3n) is 4.32. The number of hydrogen-bond donors (Lipinski definition) is 1. The van der Waals surface area contributed by atoms with E-state index in [0.29, 0.717) is 17.3 Å². The summed E-state index contributed by atoms with van der Waals surface area (Å²) in [5.74, 6) is -0.268. The van der Waals surface area contributed by atoms with Crippen molar-refractivity contribution in [1.82, 2.24) is 25.1 Å². The molecule has 0 saturated heterocycles. The zero-order valence-corrected chi connectivity index (χ0v) is 16.5. The molecule has 2 aromatic carbocycles. The summed E-state index contributed by atoms with van der Waals surface area (Å²) in [6.45, 7) is 2.38. The van der Waals surface area contributed by atoms with E-state index in [1.807, 2.05) is 43.3 Å². The number of nitrogens with one attached hydrogen (secondary N) is 1. The summed E-state index contributed by atoms with van der Waals surface area (Å²) >= 11 is 1.26. The zero-order valence-electron chi connectivity index (χ0n) is 15.7. The first kappa shape index (κ1) is 19.1. The van der Waals surface area contributed by atoms with Crippen molar-refractivity contribution in [3.63, 3.8) is 0 Å². The largest absolute Gasteiger partial charge is 0.351 e. The van der Waals surface area contributed by atoms with Crippen LogP contribution in [-0.2, 0) is 11.3 Å². The smallest absolute Gasteiger partial charge is 0.230 e. The van der Waals surface area contributed by atoms with Gasteiger partial charge in [0, 0.05) is 12.1 Å². The molecule has 0 bridgehead atoms. The molecule has 4 rings (SSSR count). The highest BCUT2D eigenvalue weighted by Crippen LogP contribution is 2.21. The van der Waals surface area contributed by atoms with Crippen molar-refractivity contribution >= 4 is 23.3 Å². The molecule has 0 aliphatic rings. The van der Waals surface area contributed by atoms with Gasteiger partial charge in [-0.05, 0) is 36.8 Å². The molecule has 0 aliphatic heterocycles. The minimum absolute atomic E-state index is 0.147. The van der Waals surface area contributed by atoms with Crippen molar-refractivity contribution in [2.45, 2.75) is 18.6 Å². The molecule has 146 valence electrons. The Morgan fingerprint density at radius 1 is 1.03 bits per heavy atom. The molecule has 2 heterocycles. The van der Waals surface area contributed by atoms with Gasteiger partial charge < -0.3 is 5.32 Å². The minimum Gasteiger partial charge on any atom is -0.351 e. The predicted octanol–water partition coefficient (Wildman–Crippen LogP) is 3.65. The van der Waals surface area contributed by atoms with Gasteiger partial charge in [0.25, 0.3) is 0 Å². The topological polar surface area (TPSA) is 72.2 Å². The van der Waals surface area contributed by atoms with Gasteiger partial charge >= 0.3 is 0 Å². The van der Waals surface area contributed by atoms with Crippen LogP contribution in [0.2, 0.25) is 0 Å². The number of aryl methyl sites for hydroxylation is 1. The highest BCUT2D eigenvalue weighted by Gasteiger charge is 2.11. The number of amides is 1. The van der Waals surface area contributed by atoms with E-state index in [0.717, 1.165) is 16.8 Å². The highest BCUT2D eigenvalue weighted by molar-refractivity contribution is 7.99. The van der Waals surface area contributed by atoms with E-state index in [9.17, 15) is 9.18 Å². The van der Waals surface area contributed by atoms with Gasteiger partial charge in [0.1, 0.15) is 5.82 Å². The molecular formula is C21H18FN5OS. The lowest BCUT2D eigenvalue weighted by Crippen LogP contribution is -2.24.